The molecule has 0 unspecified atom stereocenters. The van der Waals surface area contributed by atoms with Crippen LogP contribution in [0.15, 0.2) is 162 Å². The van der Waals surface area contributed by atoms with Gasteiger partial charge in [-0.05, 0) is 69.9 Å². The quantitative estimate of drug-likeness (QED) is 0.214. The maximum atomic E-state index is 6.47. The number of nitrogens with zero attached hydrogens (tertiary/aromatic N) is 2. The predicted octanol–water partition coefficient (Wildman–Crippen LogP) is 11.1. The van der Waals surface area contributed by atoms with Gasteiger partial charge in [-0.2, -0.15) is 0 Å². The van der Waals surface area contributed by atoms with E-state index < -0.39 is 0 Å². The predicted molar refractivity (Wildman–Crippen MR) is 182 cm³/mol. The van der Waals surface area contributed by atoms with E-state index >= 15 is 0 Å². The van der Waals surface area contributed by atoms with Crippen LogP contribution in [0.4, 0.5) is 0 Å². The molecule has 0 saturated heterocycles. The Morgan fingerprint density at radius 2 is 1.18 bits per heavy atom. The van der Waals surface area contributed by atoms with Crippen molar-refractivity contribution in [1.29, 1.82) is 0 Å². The van der Waals surface area contributed by atoms with E-state index in [9.17, 15) is 0 Å². The van der Waals surface area contributed by atoms with Crippen LogP contribution in [0, 0.1) is 0 Å². The number of imidazole rings is 1. The second-order valence-electron chi connectivity index (χ2n) is 11.2. The highest BCUT2D eigenvalue weighted by molar-refractivity contribution is 6.10. The molecule has 2 heterocycles. The molecule has 9 aromatic rings. The van der Waals surface area contributed by atoms with Crippen molar-refractivity contribution in [2.45, 2.75) is 0 Å². The standard InChI is InChI=1S/C41H26N2O/c1-2-14-29(15-3-1)43-38-22-8-7-21-37(38)42-41(43)35-25-24-28(26-36(35)32-19-10-13-27-12-4-5-16-30(27)32)31-18-11-20-34-33-17-6-9-23-39(33)44-40(31)34/h1-26H. The zero-order valence-corrected chi connectivity index (χ0v) is 23.8. The first-order valence-corrected chi connectivity index (χ1v) is 14.9. The highest BCUT2D eigenvalue weighted by Crippen LogP contribution is 2.42. The van der Waals surface area contributed by atoms with Crippen LogP contribution in [0.2, 0.25) is 0 Å². The number of benzene rings is 7. The van der Waals surface area contributed by atoms with Crippen LogP contribution in [-0.4, -0.2) is 9.55 Å². The fraction of sp³-hybridized carbons (Fsp3) is 0. The Hall–Kier alpha value is -5.93. The molecule has 3 nitrogen and oxygen atoms in total. The molecule has 44 heavy (non-hydrogen) atoms. The number of para-hydroxylation sites is 5. The van der Waals surface area contributed by atoms with E-state index in [-0.39, 0.29) is 0 Å². The average Bonchev–Trinajstić information content (AvgIpc) is 3.67. The van der Waals surface area contributed by atoms with Crippen molar-refractivity contribution in [2.24, 2.45) is 0 Å². The Bertz CT molecular complexity index is 2500. The summed E-state index contributed by atoms with van der Waals surface area (Å²) in [6, 6.07) is 55.5. The number of fused-ring (bicyclic) bond motifs is 5. The Morgan fingerprint density at radius 3 is 2.11 bits per heavy atom. The summed E-state index contributed by atoms with van der Waals surface area (Å²) in [6.45, 7) is 0. The Labute approximate surface area is 254 Å². The summed E-state index contributed by atoms with van der Waals surface area (Å²) >= 11 is 0. The number of furan rings is 1. The largest absolute Gasteiger partial charge is 0.455 e. The summed E-state index contributed by atoms with van der Waals surface area (Å²) in [4.78, 5) is 5.25. The van der Waals surface area contributed by atoms with Gasteiger partial charge in [0, 0.05) is 27.6 Å². The third kappa shape index (κ3) is 3.80. The first-order valence-electron chi connectivity index (χ1n) is 14.9. The molecular weight excluding hydrogens is 536 g/mol. The maximum Gasteiger partial charge on any atom is 0.146 e. The van der Waals surface area contributed by atoms with Crippen LogP contribution >= 0.6 is 0 Å². The Morgan fingerprint density at radius 1 is 0.477 bits per heavy atom. The molecule has 0 amide bonds. The van der Waals surface area contributed by atoms with E-state index in [2.05, 4.69) is 150 Å². The van der Waals surface area contributed by atoms with Gasteiger partial charge in [0.15, 0.2) is 0 Å². The van der Waals surface area contributed by atoms with Gasteiger partial charge in [0.2, 0.25) is 0 Å². The third-order valence-corrected chi connectivity index (χ3v) is 8.63. The fourth-order valence-corrected chi connectivity index (χ4v) is 6.61. The van der Waals surface area contributed by atoms with E-state index in [0.29, 0.717) is 0 Å². The van der Waals surface area contributed by atoms with Gasteiger partial charge in [0.25, 0.3) is 0 Å². The molecule has 7 aromatic carbocycles. The van der Waals surface area contributed by atoms with Crippen molar-refractivity contribution >= 4 is 43.7 Å². The van der Waals surface area contributed by atoms with Gasteiger partial charge in [-0.15, -0.1) is 0 Å². The molecule has 0 aliphatic heterocycles. The molecule has 0 aliphatic carbocycles. The van der Waals surface area contributed by atoms with Crippen molar-refractivity contribution in [1.82, 2.24) is 9.55 Å². The average molecular weight is 563 g/mol. The lowest BCUT2D eigenvalue weighted by Crippen LogP contribution is -1.99. The monoisotopic (exact) mass is 562 g/mol. The molecule has 3 heteroatoms. The molecule has 2 aromatic heterocycles. The minimum absolute atomic E-state index is 0.900. The van der Waals surface area contributed by atoms with Gasteiger partial charge in [-0.1, -0.05) is 115 Å². The second kappa shape index (κ2) is 9.82. The SMILES string of the molecule is c1ccc(-n2c(-c3ccc(-c4cccc5c4oc4ccccc45)cc3-c3cccc4ccccc34)nc3ccccc32)cc1. The normalized spacial score (nSPS) is 11.6. The van der Waals surface area contributed by atoms with Crippen LogP contribution in [-0.2, 0) is 0 Å². The second-order valence-corrected chi connectivity index (χ2v) is 11.2. The molecule has 0 N–H and O–H groups in total. The lowest BCUT2D eigenvalue weighted by molar-refractivity contribution is 0.670. The molecule has 0 aliphatic rings. The minimum atomic E-state index is 0.900. The number of rotatable bonds is 4. The molecule has 0 radical (unpaired) electrons. The summed E-state index contributed by atoms with van der Waals surface area (Å²) in [5.74, 6) is 0.911. The van der Waals surface area contributed by atoms with Crippen molar-refractivity contribution in [3.05, 3.63) is 158 Å². The summed E-state index contributed by atoms with van der Waals surface area (Å²) < 4.78 is 8.75. The lowest BCUT2D eigenvalue weighted by atomic mass is 9.90. The van der Waals surface area contributed by atoms with E-state index in [1.165, 1.54) is 16.3 Å². The topological polar surface area (TPSA) is 31.0 Å². The van der Waals surface area contributed by atoms with E-state index in [0.717, 1.165) is 66.7 Å². The van der Waals surface area contributed by atoms with Crippen LogP contribution in [0.3, 0.4) is 0 Å². The van der Waals surface area contributed by atoms with Crippen molar-refractivity contribution in [3.63, 3.8) is 0 Å². The van der Waals surface area contributed by atoms with Crippen LogP contribution in [0.1, 0.15) is 0 Å². The van der Waals surface area contributed by atoms with Crippen LogP contribution < -0.4 is 0 Å². The number of hydrogen-bond acceptors (Lipinski definition) is 2. The lowest BCUT2D eigenvalue weighted by Gasteiger charge is -2.16. The first-order chi connectivity index (χ1) is 21.8. The van der Waals surface area contributed by atoms with Gasteiger partial charge < -0.3 is 4.42 Å². The molecule has 9 rings (SSSR count). The Balaban J connectivity index is 1.36. The zero-order valence-electron chi connectivity index (χ0n) is 23.8. The fourth-order valence-electron chi connectivity index (χ4n) is 6.61. The van der Waals surface area contributed by atoms with Gasteiger partial charge in [0.1, 0.15) is 17.0 Å². The van der Waals surface area contributed by atoms with Crippen molar-refractivity contribution in [2.75, 3.05) is 0 Å². The van der Waals surface area contributed by atoms with Crippen molar-refractivity contribution < 1.29 is 4.42 Å². The number of hydrogen-bond donors (Lipinski definition) is 0. The minimum Gasteiger partial charge on any atom is -0.455 e. The van der Waals surface area contributed by atoms with Gasteiger partial charge >= 0.3 is 0 Å². The molecule has 0 fully saturated rings. The first kappa shape index (κ1) is 24.6. The molecule has 0 atom stereocenters. The molecule has 206 valence electrons. The van der Waals surface area contributed by atoms with Gasteiger partial charge in [-0.3, -0.25) is 4.57 Å². The van der Waals surface area contributed by atoms with Gasteiger partial charge in [0.05, 0.1) is 11.0 Å². The number of aromatic nitrogens is 2. The Kier molecular flexibility index (Phi) is 5.50. The highest BCUT2D eigenvalue weighted by Gasteiger charge is 2.21. The maximum absolute atomic E-state index is 6.47. The summed E-state index contributed by atoms with van der Waals surface area (Å²) in [6.07, 6.45) is 0. The van der Waals surface area contributed by atoms with E-state index in [1.807, 2.05) is 12.1 Å². The van der Waals surface area contributed by atoms with Gasteiger partial charge in [-0.25, -0.2) is 4.98 Å². The third-order valence-electron chi connectivity index (χ3n) is 8.63. The summed E-state index contributed by atoms with van der Waals surface area (Å²) in [5.41, 5.74) is 10.5. The van der Waals surface area contributed by atoms with E-state index in [1.54, 1.807) is 0 Å². The van der Waals surface area contributed by atoms with E-state index in [4.69, 9.17) is 9.40 Å². The van der Waals surface area contributed by atoms with Crippen molar-refractivity contribution in [3.8, 4) is 39.3 Å². The highest BCUT2D eigenvalue weighted by atomic mass is 16.3. The molecule has 0 spiro atoms. The smallest absolute Gasteiger partial charge is 0.146 e. The molecule has 0 bridgehead atoms. The zero-order chi connectivity index (χ0) is 29.0. The molecule has 0 saturated carbocycles. The summed E-state index contributed by atoms with van der Waals surface area (Å²) in [7, 11) is 0. The summed E-state index contributed by atoms with van der Waals surface area (Å²) in [5, 5.41) is 4.67. The molecular formula is C41H26N2O. The van der Waals surface area contributed by atoms with Crippen LogP contribution in [0.25, 0.3) is 83.1 Å². The van der Waals surface area contributed by atoms with Crippen LogP contribution in [0.5, 0.6) is 0 Å².